The molecule has 3 N–H and O–H groups in total. The van der Waals surface area contributed by atoms with Gasteiger partial charge in [0, 0.05) is 42.0 Å². The molecule has 1 amide bonds. The van der Waals surface area contributed by atoms with Crippen LogP contribution in [-0.4, -0.2) is 43.2 Å². The quantitative estimate of drug-likeness (QED) is 0.209. The maximum atomic E-state index is 14.1. The van der Waals surface area contributed by atoms with E-state index in [1.54, 1.807) is 12.1 Å². The van der Waals surface area contributed by atoms with Gasteiger partial charge in [0.15, 0.2) is 11.4 Å². The fourth-order valence-corrected chi connectivity index (χ4v) is 4.93. The highest BCUT2D eigenvalue weighted by atomic mass is 19.4. The Balaban J connectivity index is 1.83. The highest BCUT2D eigenvalue weighted by Crippen LogP contribution is 2.39. The van der Waals surface area contributed by atoms with Crippen molar-refractivity contribution in [2.45, 2.75) is 25.6 Å². The number of halogens is 3. The number of carbonyl (C=O) groups excluding carboxylic acids is 1. The number of nitrogens with zero attached hydrogens (tertiary/aromatic N) is 3. The minimum atomic E-state index is -4.79. The summed E-state index contributed by atoms with van der Waals surface area (Å²) < 4.78 is 43.5. The Kier molecular flexibility index (Phi) is 8.43. The van der Waals surface area contributed by atoms with Gasteiger partial charge in [-0.1, -0.05) is 48.5 Å². The molecule has 2 aromatic carbocycles. The lowest BCUT2D eigenvalue weighted by Gasteiger charge is -2.20. The van der Waals surface area contributed by atoms with Gasteiger partial charge in [-0.05, 0) is 41.8 Å². The SMILES string of the molecule is O=C(O)CCNC(=O)c1nc(-c2cccnc2)c2c(cc(-c3ccccc3C(F)(F)F)c(=O)n2CCc2ccccc2)c1O. The monoisotopic (exact) mass is 602 g/mol. The van der Waals surface area contributed by atoms with E-state index >= 15 is 0 Å². The van der Waals surface area contributed by atoms with Crippen LogP contribution in [0.1, 0.15) is 28.0 Å². The van der Waals surface area contributed by atoms with E-state index in [0.29, 0.717) is 12.0 Å². The molecule has 0 radical (unpaired) electrons. The molecule has 0 bridgehead atoms. The first-order valence-corrected chi connectivity index (χ1v) is 13.5. The Morgan fingerprint density at radius 3 is 2.36 bits per heavy atom. The van der Waals surface area contributed by atoms with Crippen LogP contribution in [0, 0.1) is 0 Å². The van der Waals surface area contributed by atoms with E-state index in [1.807, 2.05) is 30.3 Å². The number of alkyl halides is 3. The molecule has 0 saturated carbocycles. The summed E-state index contributed by atoms with van der Waals surface area (Å²) in [6.07, 6.45) is -1.94. The first kappa shape index (κ1) is 30.0. The van der Waals surface area contributed by atoms with E-state index in [2.05, 4.69) is 15.3 Å². The first-order valence-electron chi connectivity index (χ1n) is 13.5. The second kappa shape index (κ2) is 12.4. The number of aromatic nitrogens is 3. The Morgan fingerprint density at radius 2 is 1.68 bits per heavy atom. The molecule has 0 unspecified atom stereocenters. The molecule has 0 saturated heterocycles. The van der Waals surface area contributed by atoms with Gasteiger partial charge < -0.3 is 20.1 Å². The maximum absolute atomic E-state index is 14.1. The van der Waals surface area contributed by atoms with Crippen LogP contribution in [0.2, 0.25) is 0 Å². The van der Waals surface area contributed by atoms with Gasteiger partial charge in [0.2, 0.25) is 0 Å². The van der Waals surface area contributed by atoms with Gasteiger partial charge >= 0.3 is 12.1 Å². The summed E-state index contributed by atoms with van der Waals surface area (Å²) >= 11 is 0. The molecule has 5 rings (SSSR count). The molecule has 44 heavy (non-hydrogen) atoms. The van der Waals surface area contributed by atoms with E-state index in [9.17, 15) is 32.7 Å². The van der Waals surface area contributed by atoms with Crippen molar-refractivity contribution in [3.8, 4) is 28.1 Å². The van der Waals surface area contributed by atoms with Crippen molar-refractivity contribution in [2.75, 3.05) is 6.54 Å². The van der Waals surface area contributed by atoms with E-state index in [4.69, 9.17) is 5.11 Å². The third-order valence-corrected chi connectivity index (χ3v) is 6.98. The third kappa shape index (κ3) is 6.14. The van der Waals surface area contributed by atoms with Crippen LogP contribution in [0.5, 0.6) is 5.75 Å². The molecule has 3 aromatic heterocycles. The average molecular weight is 603 g/mol. The lowest BCUT2D eigenvalue weighted by Crippen LogP contribution is -2.28. The lowest BCUT2D eigenvalue weighted by atomic mass is 9.97. The lowest BCUT2D eigenvalue weighted by molar-refractivity contribution is -0.137. The fraction of sp³-hybridized carbons (Fsp3) is 0.156. The number of carboxylic acids is 1. The molecular formula is C32H25F3N4O5. The van der Waals surface area contributed by atoms with Crippen LogP contribution >= 0.6 is 0 Å². The van der Waals surface area contributed by atoms with E-state index in [0.717, 1.165) is 17.7 Å². The van der Waals surface area contributed by atoms with Crippen LogP contribution in [0.25, 0.3) is 33.3 Å². The van der Waals surface area contributed by atoms with Gasteiger partial charge in [-0.25, -0.2) is 4.98 Å². The minimum Gasteiger partial charge on any atom is -0.505 e. The number of benzene rings is 2. The van der Waals surface area contributed by atoms with Crippen LogP contribution < -0.4 is 10.9 Å². The largest absolute Gasteiger partial charge is 0.505 e. The highest BCUT2D eigenvalue weighted by molar-refractivity contribution is 6.06. The summed E-state index contributed by atoms with van der Waals surface area (Å²) in [6.45, 7) is -0.268. The Labute approximate surface area is 248 Å². The van der Waals surface area contributed by atoms with Gasteiger partial charge in [0.05, 0.1) is 23.2 Å². The van der Waals surface area contributed by atoms with E-state index in [1.165, 1.54) is 35.2 Å². The maximum Gasteiger partial charge on any atom is 0.417 e. The van der Waals surface area contributed by atoms with E-state index in [-0.39, 0.29) is 35.2 Å². The molecule has 3 heterocycles. The van der Waals surface area contributed by atoms with Gasteiger partial charge in [-0.3, -0.25) is 19.4 Å². The predicted molar refractivity (Wildman–Crippen MR) is 156 cm³/mol. The van der Waals surface area contributed by atoms with Crippen LogP contribution in [-0.2, 0) is 23.9 Å². The summed E-state index contributed by atoms with van der Waals surface area (Å²) in [4.78, 5) is 46.7. The van der Waals surface area contributed by atoms with Gasteiger partial charge in [0.25, 0.3) is 11.5 Å². The molecule has 12 heteroatoms. The second-order valence-corrected chi connectivity index (χ2v) is 9.85. The number of nitrogens with one attached hydrogen (secondary N) is 1. The van der Waals surface area contributed by atoms with Crippen molar-refractivity contribution in [2.24, 2.45) is 0 Å². The number of hydrogen-bond donors (Lipinski definition) is 3. The Morgan fingerprint density at radius 1 is 0.955 bits per heavy atom. The summed E-state index contributed by atoms with van der Waals surface area (Å²) in [5.41, 5.74) is -1.64. The number of hydrogen-bond acceptors (Lipinski definition) is 6. The van der Waals surface area contributed by atoms with Crippen LogP contribution in [0.4, 0.5) is 13.2 Å². The zero-order valence-electron chi connectivity index (χ0n) is 23.0. The van der Waals surface area contributed by atoms with Crippen molar-refractivity contribution < 1.29 is 33.0 Å². The van der Waals surface area contributed by atoms with Gasteiger partial charge in [-0.15, -0.1) is 0 Å². The topological polar surface area (TPSA) is 134 Å². The number of pyridine rings is 3. The molecule has 5 aromatic rings. The zero-order chi connectivity index (χ0) is 31.4. The first-order chi connectivity index (χ1) is 21.1. The molecule has 0 fully saturated rings. The summed E-state index contributed by atoms with van der Waals surface area (Å²) in [5.74, 6) is -2.75. The van der Waals surface area contributed by atoms with E-state index < -0.39 is 52.6 Å². The van der Waals surface area contributed by atoms with Crippen molar-refractivity contribution in [3.63, 3.8) is 0 Å². The number of rotatable bonds is 9. The van der Waals surface area contributed by atoms with Crippen molar-refractivity contribution in [1.29, 1.82) is 0 Å². The summed E-state index contributed by atoms with van der Waals surface area (Å²) in [5, 5.41) is 22.7. The Hall–Kier alpha value is -5.52. The summed E-state index contributed by atoms with van der Waals surface area (Å²) in [7, 11) is 0. The molecule has 0 atom stereocenters. The summed E-state index contributed by atoms with van der Waals surface area (Å²) in [6, 6.07) is 18.1. The molecular weight excluding hydrogens is 577 g/mol. The molecule has 0 aliphatic rings. The Bertz CT molecular complexity index is 1910. The second-order valence-electron chi connectivity index (χ2n) is 9.85. The third-order valence-electron chi connectivity index (χ3n) is 6.98. The van der Waals surface area contributed by atoms with Crippen LogP contribution in [0.3, 0.4) is 0 Å². The number of carboxylic acid groups (broad SMARTS) is 1. The smallest absolute Gasteiger partial charge is 0.417 e. The van der Waals surface area contributed by atoms with Crippen molar-refractivity contribution >= 4 is 22.8 Å². The van der Waals surface area contributed by atoms with Crippen LogP contribution in [0.15, 0.2) is 90.0 Å². The number of amides is 1. The molecule has 0 aliphatic carbocycles. The highest BCUT2D eigenvalue weighted by Gasteiger charge is 2.34. The number of aromatic hydroxyl groups is 1. The number of aryl methyl sites for hydroxylation is 2. The molecule has 9 nitrogen and oxygen atoms in total. The standard InChI is InChI=1S/C32H25F3N4O5/c33-32(34,35)24-11-5-4-10-21(24)22-17-23-28(39(31(22)44)16-13-19-7-2-1-3-8-19)26(20-9-6-14-36-18-20)38-27(29(23)42)30(43)37-15-12-25(40)41/h1-11,14,17-18,42H,12-13,15-16H2,(H,37,43)(H,40,41). The van der Waals surface area contributed by atoms with Gasteiger partial charge in [-0.2, -0.15) is 13.2 Å². The number of aliphatic carboxylic acids is 1. The number of carbonyl (C=O) groups is 2. The number of fused-ring (bicyclic) bond motifs is 1. The normalized spacial score (nSPS) is 11.4. The average Bonchev–Trinajstić information content (AvgIpc) is 3.01. The zero-order valence-corrected chi connectivity index (χ0v) is 23.0. The molecule has 0 aliphatic heterocycles. The van der Waals surface area contributed by atoms with Gasteiger partial charge in [0.1, 0.15) is 0 Å². The van der Waals surface area contributed by atoms with Crippen molar-refractivity contribution in [3.05, 3.63) is 112 Å². The molecule has 0 spiro atoms. The fourth-order valence-electron chi connectivity index (χ4n) is 4.93. The van der Waals surface area contributed by atoms with Crippen molar-refractivity contribution in [1.82, 2.24) is 19.9 Å². The minimum absolute atomic E-state index is 0.0000910. The molecule has 224 valence electrons. The predicted octanol–water partition coefficient (Wildman–Crippen LogP) is 5.30.